The largest absolute Gasteiger partial charge is 0.445 e. The average molecular weight is 799 g/mol. The highest BCUT2D eigenvalue weighted by molar-refractivity contribution is 5.97. The number of amides is 10. The van der Waals surface area contributed by atoms with Gasteiger partial charge >= 0.3 is 6.09 Å². The van der Waals surface area contributed by atoms with Crippen molar-refractivity contribution in [1.29, 1.82) is 0 Å². The molecule has 308 valence electrons. The fourth-order valence-electron chi connectivity index (χ4n) is 4.70. The molecule has 4 atom stereocenters. The highest BCUT2D eigenvalue weighted by Gasteiger charge is 2.30. The molecule has 0 fully saturated rings. The first-order chi connectivity index (χ1) is 27.1. The number of rotatable bonds is 24. The summed E-state index contributed by atoms with van der Waals surface area (Å²) in [6.45, 7) is -3.14. The lowest BCUT2D eigenvalue weighted by Crippen LogP contribution is -2.58. The van der Waals surface area contributed by atoms with E-state index in [-0.39, 0.29) is 25.9 Å². The zero-order valence-corrected chi connectivity index (χ0v) is 30.6. The second-order valence-electron chi connectivity index (χ2n) is 12.2. The van der Waals surface area contributed by atoms with Crippen LogP contribution in [0.2, 0.25) is 0 Å². The number of aliphatic hydroxyl groups is 1. The molecule has 0 radical (unpaired) electrons. The van der Waals surface area contributed by atoms with Gasteiger partial charge in [0.05, 0.1) is 32.7 Å². The lowest BCUT2D eigenvalue weighted by molar-refractivity contribution is -0.135. The average Bonchev–Trinajstić information content (AvgIpc) is 3.17. The number of nitrogens with two attached hydrogens (primary N) is 3. The van der Waals surface area contributed by atoms with Crippen LogP contribution in [-0.2, 0) is 60.9 Å². The maximum absolute atomic E-state index is 13.0. The monoisotopic (exact) mass is 798 g/mol. The summed E-state index contributed by atoms with van der Waals surface area (Å²) in [7, 11) is 0. The van der Waals surface area contributed by atoms with Gasteiger partial charge in [0, 0.05) is 12.8 Å². The summed E-state index contributed by atoms with van der Waals surface area (Å²) in [5, 5.41) is 25.3. The molecule has 0 aliphatic carbocycles. The van der Waals surface area contributed by atoms with E-state index in [2.05, 4.69) is 37.2 Å². The third-order valence-corrected chi connectivity index (χ3v) is 7.63. The van der Waals surface area contributed by atoms with Gasteiger partial charge in [0.2, 0.25) is 53.2 Å². The second kappa shape index (κ2) is 24.3. The minimum atomic E-state index is -1.68. The molecule has 0 aliphatic heterocycles. The van der Waals surface area contributed by atoms with E-state index in [9.17, 15) is 53.1 Å². The van der Waals surface area contributed by atoms with Gasteiger partial charge in [-0.1, -0.05) is 60.7 Å². The number of primary amides is 3. The standard InChI is InChI=1S/C35H46N10O12/c36-26(47)12-11-22(45-35(56)57-19-21-9-5-2-6-10-21)32(53)41-16-29(50)39-15-28(49)40-17-30(51)42-25(18-46)34(55)44-24(14-27(37)48)33(54)43-23(31(38)52)13-20-7-3-1-4-8-20/h1-10,22-25,46H,11-19H2,(H2,36,47)(H2,37,48)(H2,38,52)(H,39,50)(H,40,49)(H,41,53)(H,42,51)(H,43,54)(H,44,55)(H,45,56)/t22-,23-,24-,25-/m0/s1. The zero-order chi connectivity index (χ0) is 42.3. The van der Waals surface area contributed by atoms with E-state index < -0.39 is 116 Å². The van der Waals surface area contributed by atoms with Crippen molar-refractivity contribution in [2.45, 2.75) is 56.5 Å². The molecule has 0 saturated carbocycles. The zero-order valence-electron chi connectivity index (χ0n) is 30.6. The number of hydrogen-bond donors (Lipinski definition) is 11. The summed E-state index contributed by atoms with van der Waals surface area (Å²) >= 11 is 0. The highest BCUT2D eigenvalue weighted by atomic mass is 16.5. The molecule has 10 amide bonds. The lowest BCUT2D eigenvalue weighted by Gasteiger charge is -2.23. The molecule has 2 rings (SSSR count). The van der Waals surface area contributed by atoms with Gasteiger partial charge < -0.3 is 64.3 Å². The van der Waals surface area contributed by atoms with Gasteiger partial charge in [-0.15, -0.1) is 0 Å². The Labute approximate surface area is 325 Å². The summed E-state index contributed by atoms with van der Waals surface area (Å²) < 4.78 is 5.08. The lowest BCUT2D eigenvalue weighted by atomic mass is 10.0. The van der Waals surface area contributed by atoms with E-state index >= 15 is 0 Å². The van der Waals surface area contributed by atoms with Crippen LogP contribution in [0, 0.1) is 0 Å². The normalized spacial score (nSPS) is 12.5. The molecule has 2 aromatic rings. The van der Waals surface area contributed by atoms with E-state index in [1.165, 1.54) is 0 Å². The van der Waals surface area contributed by atoms with Crippen LogP contribution in [0.5, 0.6) is 0 Å². The molecule has 22 heteroatoms. The van der Waals surface area contributed by atoms with E-state index in [4.69, 9.17) is 21.9 Å². The third kappa shape index (κ3) is 18.7. The number of carbonyl (C=O) groups is 10. The van der Waals surface area contributed by atoms with Crippen LogP contribution in [0.3, 0.4) is 0 Å². The van der Waals surface area contributed by atoms with Gasteiger partial charge in [-0.25, -0.2) is 4.79 Å². The number of nitrogens with one attached hydrogen (secondary N) is 7. The Morgan fingerprint density at radius 3 is 1.63 bits per heavy atom. The van der Waals surface area contributed by atoms with Crippen molar-refractivity contribution in [3.8, 4) is 0 Å². The summed E-state index contributed by atoms with van der Waals surface area (Å²) in [6, 6.07) is 11.3. The first kappa shape index (κ1) is 46.1. The van der Waals surface area contributed by atoms with Gasteiger partial charge in [-0.3, -0.25) is 43.2 Å². The number of ether oxygens (including phenoxy) is 1. The molecule has 22 nitrogen and oxygen atoms in total. The van der Waals surface area contributed by atoms with Crippen molar-refractivity contribution >= 4 is 59.3 Å². The fraction of sp³-hybridized carbons (Fsp3) is 0.371. The van der Waals surface area contributed by atoms with E-state index in [1.807, 2.05) is 0 Å². The quantitative estimate of drug-likeness (QED) is 0.0476. The number of alkyl carbamates (subject to hydrolysis) is 1. The molecule has 0 aliphatic rings. The Balaban J connectivity index is 1.82. The van der Waals surface area contributed by atoms with Gasteiger partial charge in [-0.05, 0) is 17.5 Å². The van der Waals surface area contributed by atoms with Gasteiger partial charge in [0.25, 0.3) is 0 Å². The van der Waals surface area contributed by atoms with Crippen LogP contribution >= 0.6 is 0 Å². The molecule has 0 spiro atoms. The summed E-state index contributed by atoms with van der Waals surface area (Å²) in [5.74, 6) is -8.35. The predicted molar refractivity (Wildman–Crippen MR) is 197 cm³/mol. The first-order valence-corrected chi connectivity index (χ1v) is 17.3. The maximum atomic E-state index is 13.0. The summed E-state index contributed by atoms with van der Waals surface area (Å²) in [5.41, 5.74) is 17.1. The first-order valence-electron chi connectivity index (χ1n) is 17.3. The van der Waals surface area contributed by atoms with E-state index in [0.717, 1.165) is 0 Å². The number of hydrogen-bond acceptors (Lipinski definition) is 12. The molecule has 0 aromatic heterocycles. The molecule has 0 heterocycles. The van der Waals surface area contributed by atoms with E-state index in [1.54, 1.807) is 60.7 Å². The number of carbonyl (C=O) groups excluding carboxylic acids is 10. The minimum Gasteiger partial charge on any atom is -0.445 e. The Morgan fingerprint density at radius 2 is 1.09 bits per heavy atom. The maximum Gasteiger partial charge on any atom is 0.408 e. The summed E-state index contributed by atoms with van der Waals surface area (Å²) in [6.07, 6.45) is -2.18. The van der Waals surface area contributed by atoms with Crippen LogP contribution in [0.1, 0.15) is 30.4 Å². The smallest absolute Gasteiger partial charge is 0.408 e. The van der Waals surface area contributed by atoms with Crippen molar-refractivity contribution in [2.24, 2.45) is 17.2 Å². The van der Waals surface area contributed by atoms with Crippen LogP contribution in [-0.4, -0.2) is 115 Å². The molecule has 2 aromatic carbocycles. The molecular formula is C35H46N10O12. The Bertz CT molecular complexity index is 1750. The van der Waals surface area contributed by atoms with Gasteiger partial charge in [0.15, 0.2) is 0 Å². The van der Waals surface area contributed by atoms with Crippen molar-refractivity contribution in [2.75, 3.05) is 26.2 Å². The number of benzene rings is 2. The highest BCUT2D eigenvalue weighted by Crippen LogP contribution is 2.05. The van der Waals surface area contributed by atoms with Crippen molar-refractivity contribution < 1.29 is 57.8 Å². The fourth-order valence-corrected chi connectivity index (χ4v) is 4.70. The molecular weight excluding hydrogens is 752 g/mol. The predicted octanol–water partition coefficient (Wildman–Crippen LogP) is -5.05. The Morgan fingerprint density at radius 1 is 0.561 bits per heavy atom. The van der Waals surface area contributed by atoms with Gasteiger partial charge in [0.1, 0.15) is 30.8 Å². The van der Waals surface area contributed by atoms with Crippen molar-refractivity contribution in [3.05, 3.63) is 71.8 Å². The SMILES string of the molecule is NC(=O)CC[C@H](NC(=O)OCc1ccccc1)C(=O)NCC(=O)NCC(=O)NCC(=O)N[C@@H](CO)C(=O)N[C@@H](CC(N)=O)C(=O)N[C@@H](Cc1ccccc1)C(N)=O. The topological polar surface area (TPSA) is 362 Å². The van der Waals surface area contributed by atoms with E-state index in [0.29, 0.717) is 11.1 Å². The minimum absolute atomic E-state index is 0.00612. The van der Waals surface area contributed by atoms with Crippen LogP contribution < -0.4 is 54.4 Å². The van der Waals surface area contributed by atoms with Crippen molar-refractivity contribution in [1.82, 2.24) is 37.2 Å². The molecule has 0 unspecified atom stereocenters. The van der Waals surface area contributed by atoms with Gasteiger partial charge in [-0.2, -0.15) is 0 Å². The number of aliphatic hydroxyl groups excluding tert-OH is 1. The molecule has 0 bridgehead atoms. The molecule has 0 saturated heterocycles. The van der Waals surface area contributed by atoms with Crippen molar-refractivity contribution in [3.63, 3.8) is 0 Å². The Hall–Kier alpha value is -7.10. The molecule has 57 heavy (non-hydrogen) atoms. The molecule has 14 N–H and O–H groups in total. The second-order valence-corrected chi connectivity index (χ2v) is 12.2. The van der Waals surface area contributed by atoms with Crippen LogP contribution in [0.25, 0.3) is 0 Å². The van der Waals surface area contributed by atoms with Crippen LogP contribution in [0.15, 0.2) is 60.7 Å². The Kier molecular flexibility index (Phi) is 19.7. The summed E-state index contributed by atoms with van der Waals surface area (Å²) in [4.78, 5) is 123. The van der Waals surface area contributed by atoms with Crippen LogP contribution in [0.4, 0.5) is 4.79 Å². The third-order valence-electron chi connectivity index (χ3n) is 7.63.